The molecule has 0 amide bonds. The molecule has 3 heteroatoms. The number of hydrogen-bond donors (Lipinski definition) is 1. The molecule has 2 aliphatic carbocycles. The molecule has 0 radical (unpaired) electrons. The summed E-state index contributed by atoms with van der Waals surface area (Å²) in [5.74, 6) is 5.28. The van der Waals surface area contributed by atoms with Gasteiger partial charge in [-0.05, 0) is 74.9 Å². The zero-order valence-electron chi connectivity index (χ0n) is 11.3. The van der Waals surface area contributed by atoms with E-state index in [9.17, 15) is 0 Å². The van der Waals surface area contributed by atoms with Gasteiger partial charge in [-0.3, -0.25) is 0 Å². The van der Waals surface area contributed by atoms with Gasteiger partial charge in [-0.2, -0.15) is 0 Å². The monoisotopic (exact) mass is 270 g/mol. The lowest BCUT2D eigenvalue weighted by Gasteiger charge is -2.37. The van der Waals surface area contributed by atoms with Gasteiger partial charge in [-0.15, -0.1) is 12.4 Å². The molecule has 4 fully saturated rings. The van der Waals surface area contributed by atoms with E-state index in [1.165, 1.54) is 39.1 Å². The van der Waals surface area contributed by atoms with Crippen LogP contribution in [0.1, 0.15) is 32.1 Å². The summed E-state index contributed by atoms with van der Waals surface area (Å²) in [6.07, 6.45) is 7.70. The van der Waals surface area contributed by atoms with Gasteiger partial charge in [-0.25, -0.2) is 0 Å². The summed E-state index contributed by atoms with van der Waals surface area (Å²) in [5.41, 5.74) is 0. The van der Waals surface area contributed by atoms with Gasteiger partial charge >= 0.3 is 0 Å². The van der Waals surface area contributed by atoms with E-state index in [4.69, 9.17) is 0 Å². The smallest absolute Gasteiger partial charge is 0.00251 e. The summed E-state index contributed by atoms with van der Waals surface area (Å²) in [4.78, 5) is 2.81. The van der Waals surface area contributed by atoms with Crippen LogP contribution in [0.15, 0.2) is 0 Å². The number of likely N-dealkylation sites (tertiary alicyclic amines) is 1. The van der Waals surface area contributed by atoms with Gasteiger partial charge in [-0.1, -0.05) is 6.42 Å². The van der Waals surface area contributed by atoms with Crippen molar-refractivity contribution in [2.24, 2.45) is 29.6 Å². The molecule has 2 aliphatic heterocycles. The Bertz CT molecular complexity index is 296. The van der Waals surface area contributed by atoms with Crippen molar-refractivity contribution in [2.75, 3.05) is 32.7 Å². The molecule has 5 unspecified atom stereocenters. The number of rotatable bonds is 2. The maximum atomic E-state index is 3.58. The van der Waals surface area contributed by atoms with Gasteiger partial charge in [0.2, 0.25) is 0 Å². The van der Waals surface area contributed by atoms with Crippen LogP contribution in [0, 0.1) is 29.6 Å². The topological polar surface area (TPSA) is 15.3 Å². The molecule has 0 aromatic carbocycles. The summed E-state index contributed by atoms with van der Waals surface area (Å²) in [5, 5.41) is 3.58. The lowest BCUT2D eigenvalue weighted by atomic mass is 9.85. The molecular formula is C15H27ClN2. The predicted octanol–water partition coefficient (Wildman–Crippen LogP) is 2.39. The van der Waals surface area contributed by atoms with Gasteiger partial charge in [0.05, 0.1) is 0 Å². The van der Waals surface area contributed by atoms with E-state index >= 15 is 0 Å². The predicted molar refractivity (Wildman–Crippen MR) is 77.1 cm³/mol. The first kappa shape index (κ1) is 13.2. The molecule has 4 aliphatic rings. The number of piperidine rings is 1. The Kier molecular flexibility index (Phi) is 3.89. The highest BCUT2D eigenvalue weighted by Crippen LogP contribution is 2.48. The first-order chi connectivity index (χ1) is 8.38. The third-order valence-electron chi connectivity index (χ3n) is 6.17. The van der Waals surface area contributed by atoms with Crippen molar-refractivity contribution in [1.82, 2.24) is 10.2 Å². The summed E-state index contributed by atoms with van der Waals surface area (Å²) < 4.78 is 0. The molecule has 0 aromatic heterocycles. The molecule has 104 valence electrons. The van der Waals surface area contributed by atoms with Crippen molar-refractivity contribution in [2.45, 2.75) is 32.1 Å². The largest absolute Gasteiger partial charge is 0.316 e. The van der Waals surface area contributed by atoms with Gasteiger partial charge in [0.15, 0.2) is 0 Å². The van der Waals surface area contributed by atoms with E-state index in [0.29, 0.717) is 0 Å². The molecule has 2 saturated heterocycles. The Morgan fingerprint density at radius 1 is 0.944 bits per heavy atom. The lowest BCUT2D eigenvalue weighted by Crippen LogP contribution is -2.43. The molecule has 18 heavy (non-hydrogen) atoms. The second kappa shape index (κ2) is 5.30. The molecular weight excluding hydrogens is 244 g/mol. The third kappa shape index (κ3) is 2.32. The fraction of sp³-hybridized carbons (Fsp3) is 1.00. The first-order valence-corrected chi connectivity index (χ1v) is 7.81. The van der Waals surface area contributed by atoms with E-state index in [1.807, 2.05) is 0 Å². The lowest BCUT2D eigenvalue weighted by molar-refractivity contribution is 0.114. The minimum atomic E-state index is 0. The summed E-state index contributed by atoms with van der Waals surface area (Å²) >= 11 is 0. The molecule has 2 bridgehead atoms. The highest BCUT2D eigenvalue weighted by atomic mass is 35.5. The average Bonchev–Trinajstić information content (AvgIpc) is 3.03. The van der Waals surface area contributed by atoms with Gasteiger partial charge in [0.25, 0.3) is 0 Å². The Morgan fingerprint density at radius 2 is 1.83 bits per heavy atom. The zero-order valence-corrected chi connectivity index (χ0v) is 12.1. The molecule has 5 atom stereocenters. The minimum Gasteiger partial charge on any atom is -0.316 e. The summed E-state index contributed by atoms with van der Waals surface area (Å²) in [6, 6.07) is 0. The van der Waals surface area contributed by atoms with Crippen LogP contribution in [0.2, 0.25) is 0 Å². The van der Waals surface area contributed by atoms with Gasteiger partial charge in [0, 0.05) is 13.1 Å². The van der Waals surface area contributed by atoms with E-state index in [-0.39, 0.29) is 12.4 Å². The summed E-state index contributed by atoms with van der Waals surface area (Å²) in [7, 11) is 0. The van der Waals surface area contributed by atoms with Crippen LogP contribution in [-0.4, -0.2) is 37.6 Å². The Balaban J connectivity index is 0.000001000. The van der Waals surface area contributed by atoms with E-state index in [2.05, 4.69) is 10.2 Å². The van der Waals surface area contributed by atoms with E-state index < -0.39 is 0 Å². The Labute approximate surface area is 117 Å². The standard InChI is InChI=1S/C15H26N2.ClH/c1-2-12-5-11(1)6-14(12)9-17-4-3-13-7-16-8-15(13)10-17;/h11-16H,1-10H2;1H. The second-order valence-corrected chi connectivity index (χ2v) is 7.16. The van der Waals surface area contributed by atoms with E-state index in [1.54, 1.807) is 25.7 Å². The minimum absolute atomic E-state index is 0. The van der Waals surface area contributed by atoms with Crippen LogP contribution in [0.5, 0.6) is 0 Å². The molecule has 2 nitrogen and oxygen atoms in total. The van der Waals surface area contributed by atoms with Crippen LogP contribution in [-0.2, 0) is 0 Å². The first-order valence-electron chi connectivity index (χ1n) is 7.81. The van der Waals surface area contributed by atoms with Crippen LogP contribution >= 0.6 is 12.4 Å². The molecule has 4 rings (SSSR count). The molecule has 2 saturated carbocycles. The SMILES string of the molecule is C1CC2CC1CC2CN1CCC2CNCC2C1.Cl. The van der Waals surface area contributed by atoms with Gasteiger partial charge < -0.3 is 10.2 Å². The molecule has 1 N–H and O–H groups in total. The number of halogens is 1. The fourth-order valence-corrected chi connectivity index (χ4v) is 5.21. The summed E-state index contributed by atoms with van der Waals surface area (Å²) in [6.45, 7) is 6.80. The average molecular weight is 271 g/mol. The van der Waals surface area contributed by atoms with Crippen LogP contribution in [0.25, 0.3) is 0 Å². The molecule has 0 spiro atoms. The van der Waals surface area contributed by atoms with Crippen LogP contribution in [0.3, 0.4) is 0 Å². The third-order valence-corrected chi connectivity index (χ3v) is 6.17. The maximum Gasteiger partial charge on any atom is 0.00251 e. The fourth-order valence-electron chi connectivity index (χ4n) is 5.21. The highest BCUT2D eigenvalue weighted by molar-refractivity contribution is 5.85. The molecule has 0 aromatic rings. The normalized spacial score (nSPS) is 47.0. The van der Waals surface area contributed by atoms with Crippen molar-refractivity contribution < 1.29 is 0 Å². The Morgan fingerprint density at radius 3 is 2.61 bits per heavy atom. The van der Waals surface area contributed by atoms with Crippen LogP contribution in [0.4, 0.5) is 0 Å². The van der Waals surface area contributed by atoms with Crippen molar-refractivity contribution in [3.8, 4) is 0 Å². The van der Waals surface area contributed by atoms with Crippen molar-refractivity contribution in [3.05, 3.63) is 0 Å². The number of nitrogens with zero attached hydrogens (tertiary/aromatic N) is 1. The van der Waals surface area contributed by atoms with Crippen LogP contribution < -0.4 is 5.32 Å². The van der Waals surface area contributed by atoms with E-state index in [0.717, 1.165) is 29.6 Å². The quantitative estimate of drug-likeness (QED) is 0.829. The number of hydrogen-bond acceptors (Lipinski definition) is 2. The molecule has 2 heterocycles. The zero-order chi connectivity index (χ0) is 11.2. The second-order valence-electron chi connectivity index (χ2n) is 7.16. The Hall–Kier alpha value is 0.210. The van der Waals surface area contributed by atoms with Crippen molar-refractivity contribution >= 4 is 12.4 Å². The number of nitrogens with one attached hydrogen (secondary N) is 1. The van der Waals surface area contributed by atoms with Crippen molar-refractivity contribution in [3.63, 3.8) is 0 Å². The van der Waals surface area contributed by atoms with Gasteiger partial charge in [0.1, 0.15) is 0 Å². The van der Waals surface area contributed by atoms with Crippen molar-refractivity contribution in [1.29, 1.82) is 0 Å². The number of fused-ring (bicyclic) bond motifs is 3. The highest BCUT2D eigenvalue weighted by Gasteiger charge is 2.41. The maximum absolute atomic E-state index is 3.58.